The Bertz CT molecular complexity index is 497. The minimum Gasteiger partial charge on any atom is -0.399 e. The van der Waals surface area contributed by atoms with E-state index in [4.69, 9.17) is 5.73 Å². The molecule has 0 radical (unpaired) electrons. The van der Waals surface area contributed by atoms with Crippen molar-refractivity contribution in [1.82, 2.24) is 8.61 Å². The number of nitrogens with two attached hydrogens (primary N) is 1. The molecule has 0 aliphatic carbocycles. The highest BCUT2D eigenvalue weighted by molar-refractivity contribution is 7.86. The van der Waals surface area contributed by atoms with Crippen LogP contribution in [0.1, 0.15) is 26.3 Å². The van der Waals surface area contributed by atoms with Gasteiger partial charge in [0.15, 0.2) is 0 Å². The van der Waals surface area contributed by atoms with Gasteiger partial charge in [-0.25, -0.2) is 0 Å². The van der Waals surface area contributed by atoms with Gasteiger partial charge in [0.2, 0.25) is 0 Å². The van der Waals surface area contributed by atoms with E-state index < -0.39 is 10.2 Å². The number of anilines is 1. The largest absolute Gasteiger partial charge is 0.399 e. The first-order valence-electron chi connectivity index (χ1n) is 6.36. The summed E-state index contributed by atoms with van der Waals surface area (Å²) < 4.78 is 27.6. The molecule has 108 valence electrons. The molecule has 0 saturated carbocycles. The average molecular weight is 285 g/mol. The van der Waals surface area contributed by atoms with E-state index in [0.29, 0.717) is 18.8 Å². The molecule has 0 amide bonds. The van der Waals surface area contributed by atoms with Crippen LogP contribution in [0.25, 0.3) is 0 Å². The third kappa shape index (κ3) is 3.92. The molecule has 19 heavy (non-hydrogen) atoms. The van der Waals surface area contributed by atoms with Gasteiger partial charge in [0.1, 0.15) is 0 Å². The predicted molar refractivity (Wildman–Crippen MR) is 78.8 cm³/mol. The SMILES string of the molecule is CCN(Cc1ccc(N)cc1)S(=O)(=O)N(C)C(C)C. The lowest BCUT2D eigenvalue weighted by Gasteiger charge is -2.29. The van der Waals surface area contributed by atoms with Gasteiger partial charge in [-0.15, -0.1) is 0 Å². The van der Waals surface area contributed by atoms with Crippen molar-refractivity contribution < 1.29 is 8.42 Å². The van der Waals surface area contributed by atoms with E-state index in [1.54, 1.807) is 19.2 Å². The van der Waals surface area contributed by atoms with E-state index >= 15 is 0 Å². The zero-order chi connectivity index (χ0) is 14.6. The lowest BCUT2D eigenvalue weighted by Crippen LogP contribution is -2.44. The molecule has 0 heterocycles. The van der Waals surface area contributed by atoms with E-state index in [0.717, 1.165) is 5.56 Å². The zero-order valence-corrected chi connectivity index (χ0v) is 12.8. The minimum atomic E-state index is -3.42. The Kier molecular flexibility index (Phi) is 5.34. The van der Waals surface area contributed by atoms with E-state index in [2.05, 4.69) is 0 Å². The molecule has 6 heteroatoms. The molecule has 0 bridgehead atoms. The van der Waals surface area contributed by atoms with Crippen LogP contribution in [0, 0.1) is 0 Å². The summed E-state index contributed by atoms with van der Waals surface area (Å²) in [5.41, 5.74) is 7.23. The van der Waals surface area contributed by atoms with Crippen molar-refractivity contribution in [3.8, 4) is 0 Å². The van der Waals surface area contributed by atoms with Crippen molar-refractivity contribution in [2.45, 2.75) is 33.4 Å². The zero-order valence-electron chi connectivity index (χ0n) is 12.0. The van der Waals surface area contributed by atoms with Crippen LogP contribution in [0.3, 0.4) is 0 Å². The molecule has 0 fully saturated rings. The molecule has 0 atom stereocenters. The van der Waals surface area contributed by atoms with Crippen molar-refractivity contribution in [1.29, 1.82) is 0 Å². The van der Waals surface area contributed by atoms with Crippen molar-refractivity contribution in [2.75, 3.05) is 19.3 Å². The van der Waals surface area contributed by atoms with Gasteiger partial charge in [0.25, 0.3) is 10.2 Å². The summed E-state index contributed by atoms with van der Waals surface area (Å²) in [5.74, 6) is 0. The van der Waals surface area contributed by atoms with Gasteiger partial charge in [0, 0.05) is 31.9 Å². The molecule has 1 aromatic rings. The van der Waals surface area contributed by atoms with Crippen LogP contribution in [0.2, 0.25) is 0 Å². The Balaban J connectivity index is 2.92. The fourth-order valence-electron chi connectivity index (χ4n) is 1.63. The second-order valence-electron chi connectivity index (χ2n) is 4.79. The molecule has 5 nitrogen and oxygen atoms in total. The third-order valence-corrected chi connectivity index (χ3v) is 5.30. The molecule has 0 aliphatic rings. The minimum absolute atomic E-state index is 0.0644. The number of nitrogen functional groups attached to an aromatic ring is 1. The highest BCUT2D eigenvalue weighted by Crippen LogP contribution is 2.15. The number of nitrogens with zero attached hydrogens (tertiary/aromatic N) is 2. The van der Waals surface area contributed by atoms with Crippen molar-refractivity contribution in [3.05, 3.63) is 29.8 Å². The maximum atomic E-state index is 12.4. The van der Waals surface area contributed by atoms with Gasteiger partial charge in [-0.1, -0.05) is 19.1 Å². The van der Waals surface area contributed by atoms with Gasteiger partial charge in [-0.3, -0.25) is 0 Å². The van der Waals surface area contributed by atoms with Crippen LogP contribution in [0.4, 0.5) is 5.69 Å². The molecule has 0 unspecified atom stereocenters. The fourth-order valence-corrected chi connectivity index (χ4v) is 3.17. The van der Waals surface area contributed by atoms with E-state index in [1.807, 2.05) is 32.9 Å². The van der Waals surface area contributed by atoms with Crippen LogP contribution < -0.4 is 5.73 Å². The van der Waals surface area contributed by atoms with Gasteiger partial charge in [0.05, 0.1) is 0 Å². The van der Waals surface area contributed by atoms with E-state index in [9.17, 15) is 8.42 Å². The van der Waals surface area contributed by atoms with Crippen LogP contribution in [-0.4, -0.2) is 36.7 Å². The van der Waals surface area contributed by atoms with Crippen molar-refractivity contribution in [3.63, 3.8) is 0 Å². The maximum Gasteiger partial charge on any atom is 0.282 e. The number of hydrogen-bond acceptors (Lipinski definition) is 3. The maximum absolute atomic E-state index is 12.4. The van der Waals surface area contributed by atoms with E-state index in [1.165, 1.54) is 8.61 Å². The van der Waals surface area contributed by atoms with Crippen LogP contribution in [0.5, 0.6) is 0 Å². The highest BCUT2D eigenvalue weighted by atomic mass is 32.2. The van der Waals surface area contributed by atoms with Gasteiger partial charge < -0.3 is 5.73 Å². The summed E-state index contributed by atoms with van der Waals surface area (Å²) in [6, 6.07) is 7.20. The summed E-state index contributed by atoms with van der Waals surface area (Å²) in [7, 11) is -1.82. The quantitative estimate of drug-likeness (QED) is 0.809. The molecule has 0 saturated heterocycles. The normalized spacial score (nSPS) is 12.6. The molecule has 0 spiro atoms. The number of rotatable bonds is 6. The summed E-state index contributed by atoms with van der Waals surface area (Å²) in [6.07, 6.45) is 0. The second-order valence-corrected chi connectivity index (χ2v) is 6.77. The van der Waals surface area contributed by atoms with Crippen LogP contribution in [0.15, 0.2) is 24.3 Å². The number of benzene rings is 1. The van der Waals surface area contributed by atoms with Gasteiger partial charge in [-0.05, 0) is 31.5 Å². The Hall–Kier alpha value is -1.11. The summed E-state index contributed by atoms with van der Waals surface area (Å²) >= 11 is 0. The lowest BCUT2D eigenvalue weighted by molar-refractivity contribution is 0.337. The smallest absolute Gasteiger partial charge is 0.282 e. The second kappa shape index (κ2) is 6.36. The van der Waals surface area contributed by atoms with Gasteiger partial charge >= 0.3 is 0 Å². The van der Waals surface area contributed by atoms with Crippen molar-refractivity contribution in [2.24, 2.45) is 0 Å². The third-order valence-electron chi connectivity index (χ3n) is 3.11. The summed E-state index contributed by atoms with van der Waals surface area (Å²) in [5, 5.41) is 0. The van der Waals surface area contributed by atoms with E-state index in [-0.39, 0.29) is 6.04 Å². The standard InChI is InChI=1S/C13H23N3O2S/c1-5-16(19(17,18)15(4)11(2)3)10-12-6-8-13(14)9-7-12/h6-9,11H,5,10,14H2,1-4H3. The molecule has 2 N–H and O–H groups in total. The predicted octanol–water partition coefficient (Wildman–Crippen LogP) is 1.68. The summed E-state index contributed by atoms with van der Waals surface area (Å²) in [4.78, 5) is 0. The molecule has 1 rings (SSSR count). The first-order chi connectivity index (χ1) is 8.78. The molecule has 0 aliphatic heterocycles. The lowest BCUT2D eigenvalue weighted by atomic mass is 10.2. The Morgan fingerprint density at radius 2 is 1.74 bits per heavy atom. The fraction of sp³-hybridized carbons (Fsp3) is 0.538. The van der Waals surface area contributed by atoms with Crippen molar-refractivity contribution >= 4 is 15.9 Å². The monoisotopic (exact) mass is 285 g/mol. The molecule has 0 aromatic heterocycles. The first-order valence-corrected chi connectivity index (χ1v) is 7.76. The highest BCUT2D eigenvalue weighted by Gasteiger charge is 2.27. The summed E-state index contributed by atoms with van der Waals surface area (Å²) in [6.45, 7) is 6.34. The topological polar surface area (TPSA) is 66.6 Å². The Morgan fingerprint density at radius 1 is 1.21 bits per heavy atom. The van der Waals surface area contributed by atoms with Crippen LogP contribution >= 0.6 is 0 Å². The Morgan fingerprint density at radius 3 is 2.16 bits per heavy atom. The van der Waals surface area contributed by atoms with Gasteiger partial charge in [-0.2, -0.15) is 17.0 Å². The molecular formula is C13H23N3O2S. The Labute approximate surface area is 116 Å². The molecule has 1 aromatic carbocycles. The average Bonchev–Trinajstić information content (AvgIpc) is 2.36. The van der Waals surface area contributed by atoms with Crippen LogP contribution in [-0.2, 0) is 16.8 Å². The number of hydrogen-bond donors (Lipinski definition) is 1. The first kappa shape index (κ1) is 15.9. The molecular weight excluding hydrogens is 262 g/mol.